The van der Waals surface area contributed by atoms with Gasteiger partial charge in [-0.25, -0.2) is 13.4 Å². The molecule has 1 N–H and O–H groups in total. The highest BCUT2D eigenvalue weighted by Crippen LogP contribution is 2.32. The third-order valence-electron chi connectivity index (χ3n) is 7.20. The summed E-state index contributed by atoms with van der Waals surface area (Å²) < 4.78 is 29.0. The zero-order valence-corrected chi connectivity index (χ0v) is 26.0. The number of nitrogens with one attached hydrogen (secondary N) is 1. The molecule has 0 spiro atoms. The van der Waals surface area contributed by atoms with Crippen molar-refractivity contribution in [3.8, 4) is 0 Å². The van der Waals surface area contributed by atoms with E-state index in [4.69, 9.17) is 4.98 Å². The summed E-state index contributed by atoms with van der Waals surface area (Å²) in [4.78, 5) is 22.5. The summed E-state index contributed by atoms with van der Waals surface area (Å²) in [6, 6.07) is 19.5. The summed E-state index contributed by atoms with van der Waals surface area (Å²) in [6.07, 6.45) is 0. The van der Waals surface area contributed by atoms with E-state index in [1.807, 2.05) is 18.2 Å². The van der Waals surface area contributed by atoms with Gasteiger partial charge in [-0.15, -0.1) is 12.4 Å². The van der Waals surface area contributed by atoms with Crippen molar-refractivity contribution in [1.82, 2.24) is 15.2 Å². The quantitative estimate of drug-likeness (QED) is 0.283. The third-order valence-corrected chi connectivity index (χ3v) is 10.4. The fourth-order valence-corrected chi connectivity index (χ4v) is 7.62. The Bertz CT molecular complexity index is 1590. The molecule has 11 heteroatoms. The number of halogens is 1. The SMILES string of the molecule is CCN(c1ccccc1)S(=O)(=O)c1ccc(C(=O)NCCN2CCN(c3nc4cc(C)cc(C)c4s3)CC2)cc1.Cl. The Labute approximate surface area is 252 Å². The number of thiazole rings is 1. The normalized spacial score (nSPS) is 14.1. The van der Waals surface area contributed by atoms with Gasteiger partial charge >= 0.3 is 0 Å². The molecule has 0 bridgehead atoms. The predicted molar refractivity (Wildman–Crippen MR) is 170 cm³/mol. The molecule has 1 aliphatic heterocycles. The van der Waals surface area contributed by atoms with Crippen molar-refractivity contribution in [2.45, 2.75) is 25.7 Å². The van der Waals surface area contributed by atoms with E-state index < -0.39 is 10.0 Å². The van der Waals surface area contributed by atoms with Crippen LogP contribution in [0.4, 0.5) is 10.8 Å². The first-order valence-corrected chi connectivity index (χ1v) is 15.8. The highest BCUT2D eigenvalue weighted by atomic mass is 35.5. The molecule has 1 amide bonds. The standard InChI is InChI=1S/C30H35N5O3S2.ClH/c1-4-35(25-8-6-5-7-9-25)40(37,38)26-12-10-24(11-13-26)29(36)31-14-15-33-16-18-34(19-17-33)30-32-27-21-22(2)20-23(3)28(27)39-30;/h5-13,20-21H,4,14-19H2,1-3H3,(H,31,36);1H. The molecule has 0 atom stereocenters. The number of piperazine rings is 1. The Hall–Kier alpha value is -3.18. The van der Waals surface area contributed by atoms with Crippen molar-refractivity contribution in [2.24, 2.45) is 0 Å². The number of benzene rings is 3. The van der Waals surface area contributed by atoms with E-state index >= 15 is 0 Å². The molecule has 5 rings (SSSR count). The van der Waals surface area contributed by atoms with E-state index in [0.29, 0.717) is 24.3 Å². The largest absolute Gasteiger partial charge is 0.351 e. The van der Waals surface area contributed by atoms with Gasteiger partial charge in [0.05, 0.1) is 20.8 Å². The number of sulfonamides is 1. The Morgan fingerprint density at radius 1 is 1.00 bits per heavy atom. The molecule has 1 saturated heterocycles. The van der Waals surface area contributed by atoms with Crippen LogP contribution in [0.25, 0.3) is 10.2 Å². The Morgan fingerprint density at radius 3 is 2.34 bits per heavy atom. The number of aryl methyl sites for hydroxylation is 2. The van der Waals surface area contributed by atoms with Crippen molar-refractivity contribution >= 4 is 60.7 Å². The molecule has 0 saturated carbocycles. The molecule has 41 heavy (non-hydrogen) atoms. The fraction of sp³-hybridized carbons (Fsp3) is 0.333. The van der Waals surface area contributed by atoms with E-state index in [1.165, 1.54) is 32.3 Å². The summed E-state index contributed by atoms with van der Waals surface area (Å²) in [5.41, 5.74) is 4.64. The molecule has 0 aliphatic carbocycles. The molecular weight excluding hydrogens is 578 g/mol. The Kier molecular flexibility index (Phi) is 9.91. The minimum Gasteiger partial charge on any atom is -0.351 e. The molecule has 1 fully saturated rings. The second kappa shape index (κ2) is 13.2. The first-order chi connectivity index (χ1) is 19.3. The number of hydrogen-bond acceptors (Lipinski definition) is 7. The van der Waals surface area contributed by atoms with Gasteiger partial charge in [0.1, 0.15) is 0 Å². The summed E-state index contributed by atoms with van der Waals surface area (Å²) in [5, 5.41) is 4.05. The van der Waals surface area contributed by atoms with Crippen LogP contribution in [0, 0.1) is 13.8 Å². The van der Waals surface area contributed by atoms with Crippen molar-refractivity contribution in [2.75, 3.05) is 55.0 Å². The van der Waals surface area contributed by atoms with E-state index in [9.17, 15) is 13.2 Å². The van der Waals surface area contributed by atoms with Gasteiger partial charge in [0.25, 0.3) is 15.9 Å². The van der Waals surface area contributed by atoms with Crippen LogP contribution in [0.3, 0.4) is 0 Å². The second-order valence-corrected chi connectivity index (χ2v) is 12.9. The van der Waals surface area contributed by atoms with Gasteiger partial charge in [-0.3, -0.25) is 14.0 Å². The first kappa shape index (κ1) is 30.8. The Morgan fingerprint density at radius 2 is 1.68 bits per heavy atom. The smallest absolute Gasteiger partial charge is 0.264 e. The topological polar surface area (TPSA) is 85.8 Å². The molecule has 0 unspecified atom stereocenters. The Balaban J connectivity index is 0.00000387. The zero-order chi connectivity index (χ0) is 28.3. The summed E-state index contributed by atoms with van der Waals surface area (Å²) in [6.45, 7) is 11.3. The maximum Gasteiger partial charge on any atom is 0.264 e. The number of carbonyl (C=O) groups is 1. The predicted octanol–water partition coefficient (Wildman–Crippen LogP) is 5.10. The third kappa shape index (κ3) is 6.83. The van der Waals surface area contributed by atoms with Crippen molar-refractivity contribution in [3.63, 3.8) is 0 Å². The van der Waals surface area contributed by atoms with Crippen molar-refractivity contribution < 1.29 is 13.2 Å². The van der Waals surface area contributed by atoms with E-state index in [2.05, 4.69) is 41.1 Å². The van der Waals surface area contributed by atoms with Gasteiger partial charge < -0.3 is 10.2 Å². The molecule has 0 radical (unpaired) electrons. The number of hydrogen-bond donors (Lipinski definition) is 1. The van der Waals surface area contributed by atoms with Crippen LogP contribution in [-0.4, -0.2) is 70.0 Å². The van der Waals surface area contributed by atoms with Gasteiger partial charge in [-0.05, 0) is 74.4 Å². The van der Waals surface area contributed by atoms with Gasteiger partial charge in [0, 0.05) is 51.4 Å². The molecule has 1 aromatic heterocycles. The maximum absolute atomic E-state index is 13.2. The minimum absolute atomic E-state index is 0. The van der Waals surface area contributed by atoms with Gasteiger partial charge in [0.15, 0.2) is 5.13 Å². The minimum atomic E-state index is -3.73. The van der Waals surface area contributed by atoms with Crippen LogP contribution in [0.15, 0.2) is 71.6 Å². The number of para-hydroxylation sites is 1. The van der Waals surface area contributed by atoms with Crippen LogP contribution in [0.5, 0.6) is 0 Å². The van der Waals surface area contributed by atoms with E-state index in [-0.39, 0.29) is 23.2 Å². The first-order valence-electron chi connectivity index (χ1n) is 13.6. The molecule has 4 aromatic rings. The van der Waals surface area contributed by atoms with Gasteiger partial charge in [-0.2, -0.15) is 0 Å². The number of anilines is 2. The number of fused-ring (bicyclic) bond motifs is 1. The zero-order valence-electron chi connectivity index (χ0n) is 23.5. The lowest BCUT2D eigenvalue weighted by atomic mass is 10.1. The van der Waals surface area contributed by atoms with E-state index in [1.54, 1.807) is 42.5 Å². The summed E-state index contributed by atoms with van der Waals surface area (Å²) >= 11 is 1.76. The number of amides is 1. The average Bonchev–Trinajstić information content (AvgIpc) is 3.39. The summed E-state index contributed by atoms with van der Waals surface area (Å²) in [5.74, 6) is -0.210. The lowest BCUT2D eigenvalue weighted by Gasteiger charge is -2.34. The molecule has 2 heterocycles. The molecular formula is C30H36ClN5O3S2. The highest BCUT2D eigenvalue weighted by molar-refractivity contribution is 7.92. The molecule has 8 nitrogen and oxygen atoms in total. The van der Waals surface area contributed by atoms with Gasteiger partial charge in [0.2, 0.25) is 0 Å². The highest BCUT2D eigenvalue weighted by Gasteiger charge is 2.24. The monoisotopic (exact) mass is 613 g/mol. The lowest BCUT2D eigenvalue weighted by Crippen LogP contribution is -2.48. The number of rotatable bonds is 9. The maximum atomic E-state index is 13.2. The van der Waals surface area contributed by atoms with Crippen molar-refractivity contribution in [1.29, 1.82) is 0 Å². The van der Waals surface area contributed by atoms with Crippen molar-refractivity contribution in [3.05, 3.63) is 83.4 Å². The lowest BCUT2D eigenvalue weighted by molar-refractivity contribution is 0.0947. The average molecular weight is 614 g/mol. The van der Waals surface area contributed by atoms with Gasteiger partial charge in [-0.1, -0.05) is 35.6 Å². The molecule has 3 aromatic carbocycles. The van der Waals surface area contributed by atoms with E-state index in [0.717, 1.165) is 43.4 Å². The van der Waals surface area contributed by atoms with Crippen LogP contribution >= 0.6 is 23.7 Å². The number of aromatic nitrogens is 1. The van der Waals surface area contributed by atoms with Crippen LogP contribution in [0.2, 0.25) is 0 Å². The number of nitrogens with zero attached hydrogens (tertiary/aromatic N) is 4. The van der Waals surface area contributed by atoms with Crippen LogP contribution in [0.1, 0.15) is 28.4 Å². The second-order valence-electron chi connectivity index (χ2n) is 10.0. The fourth-order valence-electron chi connectivity index (χ4n) is 5.08. The summed E-state index contributed by atoms with van der Waals surface area (Å²) in [7, 11) is -3.73. The van der Waals surface area contributed by atoms with Crippen LogP contribution < -0.4 is 14.5 Å². The van der Waals surface area contributed by atoms with Crippen LogP contribution in [-0.2, 0) is 10.0 Å². The molecule has 1 aliphatic rings. The number of carbonyl (C=O) groups excluding carboxylic acids is 1. The molecule has 218 valence electrons.